The molecule has 0 aliphatic rings. The van der Waals surface area contributed by atoms with Gasteiger partial charge in [0.25, 0.3) is 0 Å². The Balaban J connectivity index is 2.63. The molecule has 5 heteroatoms. The van der Waals surface area contributed by atoms with Crippen LogP contribution < -0.4 is 16.8 Å². The number of carbonyl (C=O) groups is 1. The summed E-state index contributed by atoms with van der Waals surface area (Å²) in [5.41, 5.74) is 11.9. The van der Waals surface area contributed by atoms with E-state index in [4.69, 9.17) is 11.5 Å². The molecule has 0 aromatic carbocycles. The zero-order valence-corrected chi connectivity index (χ0v) is 9.60. The molecule has 5 N–H and O–H groups in total. The molecule has 0 aliphatic heterocycles. The van der Waals surface area contributed by atoms with Crippen molar-refractivity contribution in [2.75, 3.05) is 5.73 Å². The van der Waals surface area contributed by atoms with Gasteiger partial charge >= 0.3 is 0 Å². The average molecular weight is 222 g/mol. The van der Waals surface area contributed by atoms with Crippen LogP contribution in [0, 0.1) is 5.92 Å². The van der Waals surface area contributed by atoms with E-state index in [0.29, 0.717) is 12.4 Å². The molecule has 1 aromatic rings. The molecule has 88 valence electrons. The number of pyridine rings is 1. The van der Waals surface area contributed by atoms with E-state index in [-0.39, 0.29) is 17.9 Å². The molecule has 0 aliphatic carbocycles. The van der Waals surface area contributed by atoms with E-state index in [0.717, 1.165) is 5.56 Å². The molecule has 0 saturated carbocycles. The van der Waals surface area contributed by atoms with Gasteiger partial charge < -0.3 is 16.8 Å². The lowest BCUT2D eigenvalue weighted by Gasteiger charge is -2.19. The summed E-state index contributed by atoms with van der Waals surface area (Å²) >= 11 is 0. The third-order valence-electron chi connectivity index (χ3n) is 2.41. The van der Waals surface area contributed by atoms with E-state index in [1.54, 1.807) is 6.20 Å². The van der Waals surface area contributed by atoms with Crippen molar-refractivity contribution < 1.29 is 4.79 Å². The lowest BCUT2D eigenvalue weighted by atomic mass is 10.0. The predicted molar refractivity (Wildman–Crippen MR) is 63.3 cm³/mol. The van der Waals surface area contributed by atoms with Crippen LogP contribution in [0.1, 0.15) is 19.4 Å². The molecule has 1 aromatic heterocycles. The summed E-state index contributed by atoms with van der Waals surface area (Å²) in [5, 5.41) is 3.08. The molecule has 0 saturated heterocycles. The van der Waals surface area contributed by atoms with Gasteiger partial charge in [-0.1, -0.05) is 19.9 Å². The minimum atomic E-state index is -0.350. The Labute approximate surface area is 95.2 Å². The molecule has 0 bridgehead atoms. The first-order chi connectivity index (χ1) is 7.52. The Morgan fingerprint density at radius 2 is 2.25 bits per heavy atom. The lowest BCUT2D eigenvalue weighted by Crippen LogP contribution is -2.44. The maximum absolute atomic E-state index is 11.2. The van der Waals surface area contributed by atoms with E-state index in [2.05, 4.69) is 10.3 Å². The molecule has 1 atom stereocenters. The number of amides is 1. The molecule has 0 fully saturated rings. The zero-order valence-electron chi connectivity index (χ0n) is 9.60. The van der Waals surface area contributed by atoms with Crippen LogP contribution in [0.5, 0.6) is 0 Å². The second-order valence-corrected chi connectivity index (χ2v) is 4.05. The van der Waals surface area contributed by atoms with Crippen molar-refractivity contribution in [1.82, 2.24) is 10.3 Å². The standard InChI is InChI=1S/C11H18N4O/c1-7(2)9(11(13)16)15-6-8-4-3-5-14-10(8)12/h3-5,7,9,15H,6H2,1-2H3,(H2,12,14)(H2,13,16). The van der Waals surface area contributed by atoms with Crippen molar-refractivity contribution in [3.63, 3.8) is 0 Å². The van der Waals surface area contributed by atoms with Crippen LogP contribution in [0.4, 0.5) is 5.82 Å². The number of nitrogens with zero attached hydrogens (tertiary/aromatic N) is 1. The fraction of sp³-hybridized carbons (Fsp3) is 0.455. The molecule has 1 rings (SSSR count). The van der Waals surface area contributed by atoms with Crippen LogP contribution in [-0.4, -0.2) is 16.9 Å². The highest BCUT2D eigenvalue weighted by atomic mass is 16.1. The van der Waals surface area contributed by atoms with Crippen molar-refractivity contribution >= 4 is 11.7 Å². The summed E-state index contributed by atoms with van der Waals surface area (Å²) in [6, 6.07) is 3.33. The minimum Gasteiger partial charge on any atom is -0.383 e. The van der Waals surface area contributed by atoms with Crippen LogP contribution in [0.15, 0.2) is 18.3 Å². The summed E-state index contributed by atoms with van der Waals surface area (Å²) in [4.78, 5) is 15.1. The van der Waals surface area contributed by atoms with Crippen LogP contribution >= 0.6 is 0 Å². The highest BCUT2D eigenvalue weighted by Crippen LogP contribution is 2.08. The third kappa shape index (κ3) is 3.20. The molecule has 16 heavy (non-hydrogen) atoms. The van der Waals surface area contributed by atoms with Crippen molar-refractivity contribution in [1.29, 1.82) is 0 Å². The van der Waals surface area contributed by atoms with Gasteiger partial charge in [0.1, 0.15) is 5.82 Å². The molecule has 1 heterocycles. The van der Waals surface area contributed by atoms with Gasteiger partial charge in [0, 0.05) is 18.3 Å². The second-order valence-electron chi connectivity index (χ2n) is 4.05. The van der Waals surface area contributed by atoms with Gasteiger partial charge in [-0.25, -0.2) is 4.98 Å². The summed E-state index contributed by atoms with van der Waals surface area (Å²) in [5.74, 6) is 0.273. The summed E-state index contributed by atoms with van der Waals surface area (Å²) in [6.45, 7) is 4.37. The number of hydrogen-bond donors (Lipinski definition) is 3. The first-order valence-electron chi connectivity index (χ1n) is 5.24. The van der Waals surface area contributed by atoms with E-state index < -0.39 is 0 Å². The predicted octanol–water partition coefficient (Wildman–Crippen LogP) is 0.263. The maximum atomic E-state index is 11.2. The van der Waals surface area contributed by atoms with Crippen molar-refractivity contribution in [2.45, 2.75) is 26.4 Å². The van der Waals surface area contributed by atoms with Gasteiger partial charge in [0.05, 0.1) is 6.04 Å². The van der Waals surface area contributed by atoms with E-state index in [1.165, 1.54) is 0 Å². The zero-order chi connectivity index (χ0) is 12.1. The number of aromatic nitrogens is 1. The third-order valence-corrected chi connectivity index (χ3v) is 2.41. The number of primary amides is 1. The number of nitrogen functional groups attached to an aromatic ring is 1. The molecule has 1 amide bonds. The largest absolute Gasteiger partial charge is 0.383 e. The van der Waals surface area contributed by atoms with Gasteiger partial charge in [-0.15, -0.1) is 0 Å². The van der Waals surface area contributed by atoms with E-state index in [1.807, 2.05) is 26.0 Å². The highest BCUT2D eigenvalue weighted by Gasteiger charge is 2.18. The Kier molecular flexibility index (Phi) is 4.25. The average Bonchev–Trinajstić information content (AvgIpc) is 2.20. The Hall–Kier alpha value is -1.62. The first-order valence-corrected chi connectivity index (χ1v) is 5.24. The van der Waals surface area contributed by atoms with Crippen molar-refractivity contribution in [2.24, 2.45) is 11.7 Å². The second kappa shape index (κ2) is 5.46. The Morgan fingerprint density at radius 1 is 1.56 bits per heavy atom. The van der Waals surface area contributed by atoms with Crippen LogP contribution in [0.25, 0.3) is 0 Å². The topological polar surface area (TPSA) is 94.0 Å². The van der Waals surface area contributed by atoms with Gasteiger partial charge in [0.2, 0.25) is 5.91 Å². The fourth-order valence-electron chi connectivity index (χ4n) is 1.49. The Morgan fingerprint density at radius 3 is 2.75 bits per heavy atom. The van der Waals surface area contributed by atoms with Crippen LogP contribution in [-0.2, 0) is 11.3 Å². The highest BCUT2D eigenvalue weighted by molar-refractivity contribution is 5.80. The van der Waals surface area contributed by atoms with Gasteiger partial charge in [-0.3, -0.25) is 4.79 Å². The van der Waals surface area contributed by atoms with Crippen molar-refractivity contribution in [3.05, 3.63) is 23.9 Å². The number of carbonyl (C=O) groups excluding carboxylic acids is 1. The van der Waals surface area contributed by atoms with E-state index >= 15 is 0 Å². The monoisotopic (exact) mass is 222 g/mol. The Bertz CT molecular complexity index is 365. The number of nitrogens with one attached hydrogen (secondary N) is 1. The molecule has 1 unspecified atom stereocenters. The number of rotatable bonds is 5. The number of hydrogen-bond acceptors (Lipinski definition) is 4. The minimum absolute atomic E-state index is 0.149. The molecule has 0 spiro atoms. The first kappa shape index (κ1) is 12.4. The summed E-state index contributed by atoms with van der Waals surface area (Å²) in [7, 11) is 0. The SMILES string of the molecule is CC(C)C(NCc1cccnc1N)C(N)=O. The van der Waals surface area contributed by atoms with Crippen molar-refractivity contribution in [3.8, 4) is 0 Å². The maximum Gasteiger partial charge on any atom is 0.234 e. The molecule has 0 radical (unpaired) electrons. The quantitative estimate of drug-likeness (QED) is 0.666. The number of anilines is 1. The van der Waals surface area contributed by atoms with E-state index in [9.17, 15) is 4.79 Å². The molecule has 5 nitrogen and oxygen atoms in total. The molecular formula is C11H18N4O. The molecular weight excluding hydrogens is 204 g/mol. The number of nitrogens with two attached hydrogens (primary N) is 2. The van der Waals surface area contributed by atoms with Crippen LogP contribution in [0.2, 0.25) is 0 Å². The van der Waals surface area contributed by atoms with Gasteiger partial charge in [-0.05, 0) is 12.0 Å². The fourth-order valence-corrected chi connectivity index (χ4v) is 1.49. The summed E-state index contributed by atoms with van der Waals surface area (Å²) < 4.78 is 0. The van der Waals surface area contributed by atoms with Gasteiger partial charge in [-0.2, -0.15) is 0 Å². The lowest BCUT2D eigenvalue weighted by molar-refractivity contribution is -0.121. The van der Waals surface area contributed by atoms with Crippen LogP contribution in [0.3, 0.4) is 0 Å². The normalized spacial score (nSPS) is 12.7. The van der Waals surface area contributed by atoms with Gasteiger partial charge in [0.15, 0.2) is 0 Å². The summed E-state index contributed by atoms with van der Waals surface area (Å²) in [6.07, 6.45) is 1.63. The smallest absolute Gasteiger partial charge is 0.234 e.